The molecule has 0 aliphatic rings. The fourth-order valence-corrected chi connectivity index (χ4v) is 2.97. The lowest BCUT2D eigenvalue weighted by Gasteiger charge is -2.13. The summed E-state index contributed by atoms with van der Waals surface area (Å²) in [5, 5.41) is 18.7. The third-order valence-electron chi connectivity index (χ3n) is 4.34. The molecular weight excluding hydrogens is 403 g/mol. The Morgan fingerprint density at radius 3 is 2.67 bits per heavy atom. The number of nitrogens with zero attached hydrogens (tertiary/aromatic N) is 6. The number of aromatic nitrogens is 3. The Kier molecular flexibility index (Phi) is 5.49. The highest BCUT2D eigenvalue weighted by atomic mass is 19.4. The van der Waals surface area contributed by atoms with Gasteiger partial charge < -0.3 is 10.3 Å². The van der Waals surface area contributed by atoms with Crippen molar-refractivity contribution in [1.82, 2.24) is 14.5 Å². The molecule has 0 atom stereocenters. The van der Waals surface area contributed by atoms with Gasteiger partial charge in [-0.05, 0) is 43.7 Å². The van der Waals surface area contributed by atoms with Gasteiger partial charge in [0.15, 0.2) is 0 Å². The van der Waals surface area contributed by atoms with E-state index in [1.807, 2.05) is 0 Å². The fraction of sp³-hybridized carbons (Fsp3) is 0.222. The number of aryl methyl sites for hydroxylation is 1. The van der Waals surface area contributed by atoms with Crippen molar-refractivity contribution in [2.75, 3.05) is 5.73 Å². The van der Waals surface area contributed by atoms with Crippen molar-refractivity contribution < 1.29 is 18.1 Å². The van der Waals surface area contributed by atoms with Gasteiger partial charge in [0.2, 0.25) is 5.95 Å². The third kappa shape index (κ3) is 4.26. The highest BCUT2D eigenvalue weighted by Crippen LogP contribution is 2.32. The first-order chi connectivity index (χ1) is 14.1. The second-order valence-corrected chi connectivity index (χ2v) is 6.37. The van der Waals surface area contributed by atoms with Crippen LogP contribution >= 0.6 is 0 Å². The summed E-state index contributed by atoms with van der Waals surface area (Å²) >= 11 is 0. The van der Waals surface area contributed by atoms with Gasteiger partial charge in [-0.2, -0.15) is 23.3 Å². The van der Waals surface area contributed by atoms with Crippen molar-refractivity contribution in [3.05, 3.63) is 69.2 Å². The number of hydrogen-bond acceptors (Lipinski definition) is 7. The predicted octanol–water partition coefficient (Wildman–Crippen LogP) is 4.68. The van der Waals surface area contributed by atoms with E-state index in [0.717, 1.165) is 18.3 Å². The lowest BCUT2D eigenvalue weighted by Crippen LogP contribution is -2.07. The monoisotopic (exact) mass is 419 g/mol. The van der Waals surface area contributed by atoms with Crippen LogP contribution in [-0.4, -0.2) is 19.5 Å². The maximum Gasteiger partial charge on any atom is 0.416 e. The van der Waals surface area contributed by atoms with E-state index < -0.39 is 22.4 Å². The number of nitrogens with two attached hydrogens (primary N) is 1. The lowest BCUT2D eigenvalue weighted by atomic mass is 10.2. The van der Waals surface area contributed by atoms with Gasteiger partial charge in [-0.25, -0.2) is 4.98 Å². The van der Waals surface area contributed by atoms with Crippen molar-refractivity contribution in [2.45, 2.75) is 26.6 Å². The van der Waals surface area contributed by atoms with Gasteiger partial charge in [0.25, 0.3) is 5.82 Å². The van der Waals surface area contributed by atoms with E-state index in [2.05, 4.69) is 20.2 Å². The molecular formula is C18H16F3N7O2. The van der Waals surface area contributed by atoms with Crippen LogP contribution in [0.4, 0.5) is 30.6 Å². The molecule has 0 fully saturated rings. The number of azo groups is 1. The molecule has 3 aromatic rings. The Bertz CT molecular complexity index is 1140. The normalized spacial score (nSPS) is 11.9. The fourth-order valence-electron chi connectivity index (χ4n) is 2.97. The molecule has 0 aliphatic carbocycles. The van der Waals surface area contributed by atoms with Crippen LogP contribution in [0.15, 0.2) is 46.8 Å². The zero-order valence-electron chi connectivity index (χ0n) is 15.9. The Balaban J connectivity index is 1.90. The van der Waals surface area contributed by atoms with E-state index in [-0.39, 0.29) is 18.3 Å². The summed E-state index contributed by atoms with van der Waals surface area (Å²) in [6.07, 6.45) is -3.51. The van der Waals surface area contributed by atoms with E-state index in [0.29, 0.717) is 22.6 Å². The summed E-state index contributed by atoms with van der Waals surface area (Å²) in [4.78, 5) is 17.6. The number of nitro groups is 1. The second-order valence-electron chi connectivity index (χ2n) is 6.37. The SMILES string of the molecule is Cc1cc(CN=Nc2nc(N)ncc2[N+](=O)[O-])c(C)n1-c1cccc(C(F)(F)F)c1. The summed E-state index contributed by atoms with van der Waals surface area (Å²) in [6, 6.07) is 6.76. The smallest absolute Gasteiger partial charge is 0.368 e. The minimum Gasteiger partial charge on any atom is -0.368 e. The third-order valence-corrected chi connectivity index (χ3v) is 4.34. The van der Waals surface area contributed by atoms with Crippen LogP contribution < -0.4 is 5.73 Å². The van der Waals surface area contributed by atoms with Crippen LogP contribution in [0, 0.1) is 24.0 Å². The van der Waals surface area contributed by atoms with E-state index in [4.69, 9.17) is 5.73 Å². The van der Waals surface area contributed by atoms with E-state index in [9.17, 15) is 23.3 Å². The molecule has 0 amide bonds. The van der Waals surface area contributed by atoms with Crippen LogP contribution in [0.3, 0.4) is 0 Å². The average molecular weight is 419 g/mol. The number of hydrogen-bond donors (Lipinski definition) is 1. The zero-order valence-corrected chi connectivity index (χ0v) is 15.9. The molecule has 3 rings (SSSR count). The molecule has 0 saturated heterocycles. The highest BCUT2D eigenvalue weighted by molar-refractivity contribution is 5.51. The molecule has 0 unspecified atom stereocenters. The average Bonchev–Trinajstić information content (AvgIpc) is 2.94. The van der Waals surface area contributed by atoms with E-state index in [1.165, 1.54) is 6.07 Å². The van der Waals surface area contributed by atoms with Gasteiger partial charge in [0.1, 0.15) is 6.20 Å². The first-order valence-corrected chi connectivity index (χ1v) is 8.57. The summed E-state index contributed by atoms with van der Waals surface area (Å²) < 4.78 is 40.8. The molecule has 2 aromatic heterocycles. The molecule has 0 aliphatic heterocycles. The van der Waals surface area contributed by atoms with Crippen molar-refractivity contribution in [1.29, 1.82) is 0 Å². The maximum absolute atomic E-state index is 13.0. The largest absolute Gasteiger partial charge is 0.416 e. The summed E-state index contributed by atoms with van der Waals surface area (Å²) in [7, 11) is 0. The molecule has 2 heterocycles. The summed E-state index contributed by atoms with van der Waals surface area (Å²) in [6.45, 7) is 3.53. The second kappa shape index (κ2) is 7.89. The molecule has 30 heavy (non-hydrogen) atoms. The lowest BCUT2D eigenvalue weighted by molar-refractivity contribution is -0.384. The molecule has 2 N–H and O–H groups in total. The number of nitrogen functional groups attached to an aromatic ring is 1. The van der Waals surface area contributed by atoms with E-state index in [1.54, 1.807) is 30.5 Å². The molecule has 1 aromatic carbocycles. The Morgan fingerprint density at radius 2 is 2.00 bits per heavy atom. The number of anilines is 1. The van der Waals surface area contributed by atoms with Crippen LogP contribution in [0.25, 0.3) is 5.69 Å². The first-order valence-electron chi connectivity index (χ1n) is 8.57. The van der Waals surface area contributed by atoms with Crippen molar-refractivity contribution in [2.24, 2.45) is 10.2 Å². The number of benzene rings is 1. The van der Waals surface area contributed by atoms with Crippen LogP contribution in [0.1, 0.15) is 22.5 Å². The minimum atomic E-state index is -4.45. The van der Waals surface area contributed by atoms with Crippen LogP contribution in [0.2, 0.25) is 0 Å². The van der Waals surface area contributed by atoms with E-state index >= 15 is 0 Å². The zero-order chi connectivity index (χ0) is 22.1. The molecule has 9 nitrogen and oxygen atoms in total. The standard InChI is InChI=1S/C18H16F3N7O2/c1-10-6-12(8-24-26-16-15(28(29)30)9-23-17(22)25-16)11(2)27(10)14-5-3-4-13(7-14)18(19,20)21/h3-7,9H,8H2,1-2H3,(H2,22,23,25). The summed E-state index contributed by atoms with van der Waals surface area (Å²) in [5.74, 6) is -0.462. The molecule has 0 bridgehead atoms. The van der Waals surface area contributed by atoms with Gasteiger partial charge >= 0.3 is 11.9 Å². The Labute approximate surface area is 168 Å². The van der Waals surface area contributed by atoms with Crippen LogP contribution in [-0.2, 0) is 12.7 Å². The van der Waals surface area contributed by atoms with Crippen molar-refractivity contribution in [3.8, 4) is 5.69 Å². The number of rotatable bonds is 5. The van der Waals surface area contributed by atoms with Crippen molar-refractivity contribution in [3.63, 3.8) is 0 Å². The van der Waals surface area contributed by atoms with Gasteiger partial charge in [-0.1, -0.05) is 6.07 Å². The molecule has 0 spiro atoms. The Hall–Kier alpha value is -3.83. The van der Waals surface area contributed by atoms with Gasteiger partial charge in [0.05, 0.1) is 17.0 Å². The number of alkyl halides is 3. The quantitative estimate of drug-likeness (QED) is 0.365. The van der Waals surface area contributed by atoms with Gasteiger partial charge in [0, 0.05) is 17.1 Å². The number of halogens is 3. The van der Waals surface area contributed by atoms with Crippen LogP contribution in [0.5, 0.6) is 0 Å². The first kappa shape index (κ1) is 20.9. The molecule has 12 heteroatoms. The minimum absolute atomic E-state index is 0.0414. The topological polar surface area (TPSA) is 125 Å². The highest BCUT2D eigenvalue weighted by Gasteiger charge is 2.30. The van der Waals surface area contributed by atoms with Gasteiger partial charge in [-0.3, -0.25) is 10.1 Å². The Morgan fingerprint density at radius 1 is 1.27 bits per heavy atom. The van der Waals surface area contributed by atoms with Crippen molar-refractivity contribution >= 4 is 17.5 Å². The molecule has 0 saturated carbocycles. The van der Waals surface area contributed by atoms with Gasteiger partial charge in [-0.15, -0.1) is 5.11 Å². The molecule has 0 radical (unpaired) electrons. The molecule has 156 valence electrons. The summed E-state index contributed by atoms with van der Waals surface area (Å²) in [5.41, 5.74) is 6.67. The predicted molar refractivity (Wildman–Crippen MR) is 102 cm³/mol. The maximum atomic E-state index is 13.0.